The van der Waals surface area contributed by atoms with E-state index >= 15 is 0 Å². The van der Waals surface area contributed by atoms with Crippen molar-refractivity contribution in [2.75, 3.05) is 18.4 Å². The summed E-state index contributed by atoms with van der Waals surface area (Å²) in [5.74, 6) is -0.214. The first-order valence-corrected chi connectivity index (χ1v) is 11.0. The summed E-state index contributed by atoms with van der Waals surface area (Å²) in [6.07, 6.45) is 0.943. The van der Waals surface area contributed by atoms with Gasteiger partial charge in [-0.1, -0.05) is 30.3 Å². The summed E-state index contributed by atoms with van der Waals surface area (Å²) in [6.45, 7) is 8.50. The highest BCUT2D eigenvalue weighted by atomic mass is 16.6. The summed E-state index contributed by atoms with van der Waals surface area (Å²) >= 11 is 0. The van der Waals surface area contributed by atoms with Crippen molar-refractivity contribution in [2.24, 2.45) is 0 Å². The molecule has 1 aliphatic heterocycles. The summed E-state index contributed by atoms with van der Waals surface area (Å²) in [4.78, 5) is 26.8. The monoisotopic (exact) mass is 439 g/mol. The number of piperidine rings is 1. The number of carbonyl (C=O) groups excluding carboxylic acids is 2. The van der Waals surface area contributed by atoms with Crippen LogP contribution in [-0.4, -0.2) is 46.8 Å². The van der Waals surface area contributed by atoms with Gasteiger partial charge in [-0.05, 0) is 62.9 Å². The zero-order chi connectivity index (χ0) is 23.1. The molecule has 172 valence electrons. The van der Waals surface area contributed by atoms with Gasteiger partial charge in [0.15, 0.2) is 0 Å². The fourth-order valence-corrected chi connectivity index (χ4v) is 3.54. The number of ether oxygens (including phenoxy) is 1. The molecule has 3 rings (SSSR count). The van der Waals surface area contributed by atoms with Crippen LogP contribution in [0.25, 0.3) is 0 Å². The number of nitrogens with one attached hydrogen (secondary N) is 2. The Morgan fingerprint density at radius 2 is 1.72 bits per heavy atom. The van der Waals surface area contributed by atoms with Gasteiger partial charge in [0.1, 0.15) is 5.60 Å². The number of rotatable bonds is 6. The number of aliphatic hydroxyl groups is 1. The third kappa shape index (κ3) is 7.66. The molecule has 2 amide bonds. The van der Waals surface area contributed by atoms with Crippen molar-refractivity contribution in [3.8, 4) is 0 Å². The van der Waals surface area contributed by atoms with Gasteiger partial charge in [-0.25, -0.2) is 4.79 Å². The van der Waals surface area contributed by atoms with E-state index in [1.54, 1.807) is 45.0 Å². The van der Waals surface area contributed by atoms with Crippen molar-refractivity contribution in [1.82, 2.24) is 10.2 Å². The molecular formula is C25H33N3O4. The molecule has 1 saturated heterocycles. The number of carbonyl (C=O) groups is 2. The maximum absolute atomic E-state index is 12.6. The Bertz CT molecular complexity index is 914. The lowest BCUT2D eigenvalue weighted by Gasteiger charge is -2.29. The van der Waals surface area contributed by atoms with E-state index in [9.17, 15) is 14.7 Å². The predicted molar refractivity (Wildman–Crippen MR) is 124 cm³/mol. The van der Waals surface area contributed by atoms with Crippen molar-refractivity contribution in [1.29, 1.82) is 0 Å². The fraction of sp³-hybridized carbons (Fsp3) is 0.440. The van der Waals surface area contributed by atoms with Crippen LogP contribution in [-0.2, 0) is 17.8 Å². The van der Waals surface area contributed by atoms with Gasteiger partial charge in [-0.15, -0.1) is 0 Å². The molecule has 2 aromatic carbocycles. The van der Waals surface area contributed by atoms with E-state index in [1.807, 2.05) is 12.1 Å². The van der Waals surface area contributed by atoms with Gasteiger partial charge in [0.05, 0.1) is 6.10 Å². The Hall–Kier alpha value is -2.90. The normalized spacial score (nSPS) is 15.2. The van der Waals surface area contributed by atoms with Crippen molar-refractivity contribution >= 4 is 17.7 Å². The molecule has 0 atom stereocenters. The molecular weight excluding hydrogens is 406 g/mol. The second kappa shape index (κ2) is 10.6. The molecule has 0 unspecified atom stereocenters. The van der Waals surface area contributed by atoms with Gasteiger partial charge in [-0.2, -0.15) is 0 Å². The van der Waals surface area contributed by atoms with Crippen molar-refractivity contribution in [2.45, 2.75) is 58.4 Å². The molecule has 1 heterocycles. The Labute approximate surface area is 189 Å². The molecule has 0 aromatic heterocycles. The number of aliphatic hydroxyl groups excluding tert-OH is 1. The second-order valence-corrected chi connectivity index (χ2v) is 9.21. The molecule has 7 heteroatoms. The molecule has 7 nitrogen and oxygen atoms in total. The maximum Gasteiger partial charge on any atom is 0.412 e. The molecule has 3 N–H and O–H groups in total. The molecule has 0 radical (unpaired) electrons. The zero-order valence-electron chi connectivity index (χ0n) is 19.1. The Morgan fingerprint density at radius 3 is 2.38 bits per heavy atom. The van der Waals surface area contributed by atoms with E-state index in [2.05, 4.69) is 27.7 Å². The first-order chi connectivity index (χ1) is 15.2. The minimum absolute atomic E-state index is 0.161. The van der Waals surface area contributed by atoms with E-state index in [0.717, 1.165) is 38.0 Å². The number of nitrogens with zero attached hydrogens (tertiary/aromatic N) is 1. The first-order valence-electron chi connectivity index (χ1n) is 11.0. The molecule has 0 bridgehead atoms. The average molecular weight is 440 g/mol. The Balaban J connectivity index is 1.49. The molecule has 1 fully saturated rings. The van der Waals surface area contributed by atoms with E-state index in [0.29, 0.717) is 17.8 Å². The molecule has 2 aromatic rings. The molecule has 0 saturated carbocycles. The lowest BCUT2D eigenvalue weighted by molar-refractivity contribution is 0.0635. The molecule has 1 aliphatic rings. The number of hydrogen-bond donors (Lipinski definition) is 3. The minimum Gasteiger partial charge on any atom is -0.444 e. The summed E-state index contributed by atoms with van der Waals surface area (Å²) in [5, 5.41) is 15.2. The number of likely N-dealkylation sites (tertiary alicyclic amines) is 1. The highest BCUT2D eigenvalue weighted by molar-refractivity contribution is 5.96. The van der Waals surface area contributed by atoms with Gasteiger partial charge in [0.25, 0.3) is 5.91 Å². The number of benzene rings is 2. The van der Waals surface area contributed by atoms with Crippen LogP contribution in [0.5, 0.6) is 0 Å². The van der Waals surface area contributed by atoms with Crippen molar-refractivity contribution < 1.29 is 19.4 Å². The predicted octanol–water partition coefficient (Wildman–Crippen LogP) is 3.92. The Kier molecular flexibility index (Phi) is 7.88. The number of hydrogen-bond acceptors (Lipinski definition) is 5. The van der Waals surface area contributed by atoms with Crippen LogP contribution < -0.4 is 10.6 Å². The third-order valence-corrected chi connectivity index (χ3v) is 5.21. The first kappa shape index (κ1) is 23.8. The fourth-order valence-electron chi connectivity index (χ4n) is 3.54. The summed E-state index contributed by atoms with van der Waals surface area (Å²) < 4.78 is 5.24. The standard InChI is InChI=1S/C25H33N3O4/c1-25(2,3)32-24(31)27-21-6-4-5-20(15-21)23(30)26-16-18-7-9-19(10-8-18)17-28-13-11-22(29)12-14-28/h4-10,15,22,29H,11-14,16-17H2,1-3H3,(H,26,30)(H,27,31). The minimum atomic E-state index is -0.592. The SMILES string of the molecule is CC(C)(C)OC(=O)Nc1cccc(C(=O)NCc2ccc(CN3CCC(O)CC3)cc2)c1. The summed E-state index contributed by atoms with van der Waals surface area (Å²) in [7, 11) is 0. The second-order valence-electron chi connectivity index (χ2n) is 9.21. The van der Waals surface area contributed by atoms with Crippen LogP contribution in [0.1, 0.15) is 55.1 Å². The topological polar surface area (TPSA) is 90.9 Å². The van der Waals surface area contributed by atoms with E-state index in [4.69, 9.17) is 4.74 Å². The molecule has 0 aliphatic carbocycles. The maximum atomic E-state index is 12.6. The summed E-state index contributed by atoms with van der Waals surface area (Å²) in [5.41, 5.74) is 2.60. The van der Waals surface area contributed by atoms with Gasteiger partial charge in [0, 0.05) is 37.4 Å². The van der Waals surface area contributed by atoms with Gasteiger partial charge in [0.2, 0.25) is 0 Å². The van der Waals surface area contributed by atoms with Crippen LogP contribution >= 0.6 is 0 Å². The highest BCUT2D eigenvalue weighted by Crippen LogP contribution is 2.16. The van der Waals surface area contributed by atoms with Gasteiger partial charge < -0.3 is 15.2 Å². The largest absolute Gasteiger partial charge is 0.444 e. The van der Waals surface area contributed by atoms with Crippen LogP contribution in [0.15, 0.2) is 48.5 Å². The number of anilines is 1. The average Bonchev–Trinajstić information content (AvgIpc) is 2.73. The third-order valence-electron chi connectivity index (χ3n) is 5.21. The van der Waals surface area contributed by atoms with E-state index in [1.165, 1.54) is 5.56 Å². The Morgan fingerprint density at radius 1 is 1.06 bits per heavy atom. The lowest BCUT2D eigenvalue weighted by atomic mass is 10.1. The molecule has 32 heavy (non-hydrogen) atoms. The quantitative estimate of drug-likeness (QED) is 0.635. The number of amides is 2. The summed E-state index contributed by atoms with van der Waals surface area (Å²) in [6, 6.07) is 15.0. The van der Waals surface area contributed by atoms with Crippen LogP contribution in [0.3, 0.4) is 0 Å². The van der Waals surface area contributed by atoms with E-state index < -0.39 is 11.7 Å². The molecule has 0 spiro atoms. The van der Waals surface area contributed by atoms with Crippen LogP contribution in [0.2, 0.25) is 0 Å². The van der Waals surface area contributed by atoms with Crippen molar-refractivity contribution in [3.05, 3.63) is 65.2 Å². The van der Waals surface area contributed by atoms with Crippen LogP contribution in [0, 0.1) is 0 Å². The lowest BCUT2D eigenvalue weighted by Crippen LogP contribution is -2.35. The highest BCUT2D eigenvalue weighted by Gasteiger charge is 2.18. The van der Waals surface area contributed by atoms with Crippen molar-refractivity contribution in [3.63, 3.8) is 0 Å². The zero-order valence-corrected chi connectivity index (χ0v) is 19.1. The van der Waals surface area contributed by atoms with E-state index in [-0.39, 0.29) is 12.0 Å². The smallest absolute Gasteiger partial charge is 0.412 e. The van der Waals surface area contributed by atoms with Crippen LogP contribution in [0.4, 0.5) is 10.5 Å². The van der Waals surface area contributed by atoms with Gasteiger partial charge >= 0.3 is 6.09 Å². The van der Waals surface area contributed by atoms with Gasteiger partial charge in [-0.3, -0.25) is 15.0 Å².